The van der Waals surface area contributed by atoms with Crippen LogP contribution in [0.5, 0.6) is 0 Å². The molecule has 2 aliphatic heterocycles. The summed E-state index contributed by atoms with van der Waals surface area (Å²) in [4.78, 5) is 70.4. The molecule has 5 atom stereocenters. The van der Waals surface area contributed by atoms with E-state index in [-0.39, 0.29) is 25.1 Å². The van der Waals surface area contributed by atoms with Gasteiger partial charge in [-0.3, -0.25) is 29.4 Å². The first-order valence-electron chi connectivity index (χ1n) is 16.2. The van der Waals surface area contributed by atoms with Gasteiger partial charge >= 0.3 is 6.09 Å². The number of nitrogens with two attached hydrogens (primary N) is 1. The van der Waals surface area contributed by atoms with Crippen LogP contribution in [0.2, 0.25) is 0 Å². The molecule has 2 aromatic rings. The van der Waals surface area contributed by atoms with Crippen molar-refractivity contribution in [3.8, 4) is 0 Å². The summed E-state index contributed by atoms with van der Waals surface area (Å²) in [5.41, 5.74) is 7.50. The van der Waals surface area contributed by atoms with Crippen molar-refractivity contribution in [1.82, 2.24) is 25.3 Å². The molecule has 5 N–H and O–H groups in total. The van der Waals surface area contributed by atoms with Crippen LogP contribution >= 0.6 is 0 Å². The van der Waals surface area contributed by atoms with Gasteiger partial charge in [-0.1, -0.05) is 67.6 Å². The molecule has 0 spiro atoms. The first kappa shape index (κ1) is 35.5. The van der Waals surface area contributed by atoms with Gasteiger partial charge < -0.3 is 30.7 Å². The van der Waals surface area contributed by atoms with Crippen molar-refractivity contribution < 1.29 is 33.8 Å². The van der Waals surface area contributed by atoms with E-state index in [9.17, 15) is 29.1 Å². The normalized spacial score (nSPS) is 19.8. The SMILES string of the molecule is CCN1CCCC1N(C)C(=O)[C@@H]1CCCN1C(=O)C(O)C(Cc1ccccc1)NC(=O)[C@@H](N)CC(=O)NC(=O)OCc1ccccc1. The summed E-state index contributed by atoms with van der Waals surface area (Å²) in [5, 5.41) is 16.1. The highest BCUT2D eigenvalue weighted by Gasteiger charge is 2.42. The van der Waals surface area contributed by atoms with Crippen LogP contribution in [-0.4, -0.2) is 107 Å². The van der Waals surface area contributed by atoms with Crippen LogP contribution in [0.4, 0.5) is 4.79 Å². The molecular weight excluding hydrogens is 604 g/mol. The quantitative estimate of drug-likeness (QED) is 0.248. The average Bonchev–Trinajstić information content (AvgIpc) is 3.77. The molecule has 0 radical (unpaired) electrons. The number of benzene rings is 2. The Hall–Kier alpha value is -4.33. The standard InChI is InChI=1S/C34H46N6O7/c1-3-39-18-11-17-29(39)38(2)32(44)27-16-10-19-40(27)33(45)30(42)26(20-23-12-6-4-7-13-23)36-31(43)25(35)21-28(41)37-34(46)47-22-24-14-8-5-9-15-24/h4-9,12-15,25-27,29-30,42H,3,10-11,16-22,35H2,1-2H3,(H,36,43)(H,37,41,46)/t25-,26?,27-,29?,30?/m0/s1. The van der Waals surface area contributed by atoms with E-state index in [2.05, 4.69) is 17.1 Å². The molecule has 13 nitrogen and oxygen atoms in total. The number of likely N-dealkylation sites (N-methyl/N-ethyl adjacent to an activating group) is 1. The van der Waals surface area contributed by atoms with E-state index < -0.39 is 54.5 Å². The van der Waals surface area contributed by atoms with Crippen LogP contribution in [0, 0.1) is 0 Å². The Morgan fingerprint density at radius 1 is 0.979 bits per heavy atom. The lowest BCUT2D eigenvalue weighted by Crippen LogP contribution is -2.58. The number of likely N-dealkylation sites (tertiary alicyclic amines) is 2. The zero-order valence-corrected chi connectivity index (χ0v) is 27.0. The number of rotatable bonds is 13. The van der Waals surface area contributed by atoms with E-state index in [4.69, 9.17) is 10.5 Å². The van der Waals surface area contributed by atoms with E-state index in [1.165, 1.54) is 4.90 Å². The van der Waals surface area contributed by atoms with Gasteiger partial charge in [-0.05, 0) is 49.8 Å². The highest BCUT2D eigenvalue weighted by Crippen LogP contribution is 2.25. The molecule has 3 unspecified atom stereocenters. The summed E-state index contributed by atoms with van der Waals surface area (Å²) in [7, 11) is 1.76. The van der Waals surface area contributed by atoms with E-state index in [0.717, 1.165) is 37.1 Å². The largest absolute Gasteiger partial charge is 0.444 e. The smallest absolute Gasteiger partial charge is 0.414 e. The maximum absolute atomic E-state index is 13.8. The van der Waals surface area contributed by atoms with Crippen LogP contribution in [0.25, 0.3) is 0 Å². The van der Waals surface area contributed by atoms with Crippen LogP contribution in [-0.2, 0) is 36.9 Å². The van der Waals surface area contributed by atoms with Crippen molar-refractivity contribution in [2.75, 3.05) is 26.7 Å². The number of carbonyl (C=O) groups is 5. The number of aliphatic hydroxyl groups is 1. The lowest BCUT2D eigenvalue weighted by Gasteiger charge is -2.36. The predicted molar refractivity (Wildman–Crippen MR) is 173 cm³/mol. The minimum atomic E-state index is -1.69. The minimum Gasteiger partial charge on any atom is -0.444 e. The number of alkyl carbamates (subject to hydrolysis) is 1. The third-order valence-electron chi connectivity index (χ3n) is 8.81. The molecule has 254 valence electrons. The first-order valence-corrected chi connectivity index (χ1v) is 16.2. The lowest BCUT2D eigenvalue weighted by atomic mass is 9.99. The molecule has 2 aliphatic rings. The third kappa shape index (κ3) is 9.60. The number of amides is 5. The molecule has 0 aliphatic carbocycles. The van der Waals surface area contributed by atoms with Gasteiger partial charge in [0.25, 0.3) is 5.91 Å². The second-order valence-corrected chi connectivity index (χ2v) is 12.1. The number of carbonyl (C=O) groups excluding carboxylic acids is 5. The van der Waals surface area contributed by atoms with Crippen LogP contribution in [0.1, 0.15) is 50.2 Å². The lowest BCUT2D eigenvalue weighted by molar-refractivity contribution is -0.151. The van der Waals surface area contributed by atoms with Crippen LogP contribution < -0.4 is 16.4 Å². The van der Waals surface area contributed by atoms with Crippen molar-refractivity contribution in [2.45, 2.75) is 82.5 Å². The van der Waals surface area contributed by atoms with Crippen molar-refractivity contribution in [2.24, 2.45) is 5.73 Å². The molecule has 2 saturated heterocycles. The molecule has 4 rings (SSSR count). The molecular formula is C34H46N6O7. The molecule has 2 heterocycles. The van der Waals surface area contributed by atoms with Gasteiger partial charge in [0.05, 0.1) is 24.7 Å². The first-order chi connectivity index (χ1) is 22.6. The number of hydrogen-bond donors (Lipinski definition) is 4. The summed E-state index contributed by atoms with van der Waals surface area (Å²) in [5.74, 6) is -2.46. The average molecular weight is 651 g/mol. The van der Waals surface area contributed by atoms with Crippen molar-refractivity contribution in [1.29, 1.82) is 0 Å². The van der Waals surface area contributed by atoms with E-state index >= 15 is 0 Å². The Morgan fingerprint density at radius 2 is 1.62 bits per heavy atom. The van der Waals surface area contributed by atoms with Gasteiger partial charge in [0.1, 0.15) is 12.6 Å². The van der Waals surface area contributed by atoms with Gasteiger partial charge in [0.15, 0.2) is 6.10 Å². The second kappa shape index (κ2) is 17.0. The third-order valence-corrected chi connectivity index (χ3v) is 8.81. The Bertz CT molecular complexity index is 1380. The topological polar surface area (TPSA) is 175 Å². The fraction of sp³-hybridized carbons (Fsp3) is 0.500. The van der Waals surface area contributed by atoms with Gasteiger partial charge in [-0.15, -0.1) is 0 Å². The fourth-order valence-corrected chi connectivity index (χ4v) is 6.24. The molecule has 2 aromatic carbocycles. The maximum atomic E-state index is 13.8. The van der Waals surface area contributed by atoms with Gasteiger partial charge in [0, 0.05) is 20.1 Å². The van der Waals surface area contributed by atoms with Gasteiger partial charge in [-0.25, -0.2) is 4.79 Å². The number of imide groups is 1. The zero-order valence-electron chi connectivity index (χ0n) is 27.0. The number of ether oxygens (including phenoxy) is 1. The number of hydrogen-bond acceptors (Lipinski definition) is 9. The highest BCUT2D eigenvalue weighted by atomic mass is 16.5. The molecule has 47 heavy (non-hydrogen) atoms. The summed E-state index contributed by atoms with van der Waals surface area (Å²) in [6, 6.07) is 14.7. The summed E-state index contributed by atoms with van der Waals surface area (Å²) >= 11 is 0. The minimum absolute atomic E-state index is 0.0375. The van der Waals surface area contributed by atoms with Crippen molar-refractivity contribution in [3.05, 3.63) is 71.8 Å². The van der Waals surface area contributed by atoms with Crippen molar-refractivity contribution >= 4 is 29.7 Å². The Kier molecular flexibility index (Phi) is 12.9. The summed E-state index contributed by atoms with van der Waals surface area (Å²) < 4.78 is 5.04. The van der Waals surface area contributed by atoms with Gasteiger partial charge in [0.2, 0.25) is 17.7 Å². The second-order valence-electron chi connectivity index (χ2n) is 12.1. The Labute approximate surface area is 275 Å². The van der Waals surface area contributed by atoms with E-state index in [1.54, 1.807) is 60.5 Å². The molecule has 2 fully saturated rings. The molecule has 0 bridgehead atoms. The van der Waals surface area contributed by atoms with Gasteiger partial charge in [-0.2, -0.15) is 0 Å². The fourth-order valence-electron chi connectivity index (χ4n) is 6.24. The maximum Gasteiger partial charge on any atom is 0.414 e. The molecule has 5 amide bonds. The number of nitrogens with zero attached hydrogens (tertiary/aromatic N) is 3. The Balaban J connectivity index is 1.38. The molecule has 13 heteroatoms. The van der Waals surface area contributed by atoms with E-state index in [1.807, 2.05) is 17.4 Å². The summed E-state index contributed by atoms with van der Waals surface area (Å²) in [6.07, 6.45) is -0.231. The molecule has 0 aromatic heterocycles. The highest BCUT2D eigenvalue weighted by molar-refractivity contribution is 5.95. The Morgan fingerprint density at radius 3 is 2.28 bits per heavy atom. The van der Waals surface area contributed by atoms with Crippen LogP contribution in [0.15, 0.2) is 60.7 Å². The monoisotopic (exact) mass is 650 g/mol. The zero-order chi connectivity index (χ0) is 33.9. The molecule has 0 saturated carbocycles. The van der Waals surface area contributed by atoms with Crippen LogP contribution in [0.3, 0.4) is 0 Å². The summed E-state index contributed by atoms with van der Waals surface area (Å²) in [6.45, 7) is 4.04. The number of aliphatic hydroxyl groups excluding tert-OH is 1. The predicted octanol–water partition coefficient (Wildman–Crippen LogP) is 1.14. The number of nitrogens with one attached hydrogen (secondary N) is 2. The van der Waals surface area contributed by atoms with E-state index in [0.29, 0.717) is 19.4 Å². The van der Waals surface area contributed by atoms with Crippen molar-refractivity contribution in [3.63, 3.8) is 0 Å².